The number of anilines is 1. The molecule has 0 aliphatic heterocycles. The fourth-order valence-electron chi connectivity index (χ4n) is 2.40. The molecule has 1 fully saturated rings. The number of halogens is 3. The van der Waals surface area contributed by atoms with Gasteiger partial charge in [0.1, 0.15) is 5.82 Å². The SMILES string of the molecule is O=C(O)c1cnc(NCC2(C(F)(F)F)CCCC2)cn1. The number of alkyl halides is 3. The molecule has 1 heterocycles. The Kier molecular flexibility index (Phi) is 3.82. The monoisotopic (exact) mass is 289 g/mol. The van der Waals surface area contributed by atoms with Gasteiger partial charge in [-0.15, -0.1) is 0 Å². The Hall–Kier alpha value is -1.86. The van der Waals surface area contributed by atoms with Crippen molar-refractivity contribution in [1.29, 1.82) is 0 Å². The normalized spacial score (nSPS) is 17.9. The number of rotatable bonds is 4. The van der Waals surface area contributed by atoms with Crippen LogP contribution in [0.2, 0.25) is 0 Å². The van der Waals surface area contributed by atoms with Crippen LogP contribution in [0.1, 0.15) is 36.2 Å². The number of hydrogen-bond donors (Lipinski definition) is 2. The predicted molar refractivity (Wildman–Crippen MR) is 64.4 cm³/mol. The van der Waals surface area contributed by atoms with Crippen molar-refractivity contribution in [3.8, 4) is 0 Å². The molecular weight excluding hydrogens is 275 g/mol. The molecule has 0 radical (unpaired) electrons. The lowest BCUT2D eigenvalue weighted by Crippen LogP contribution is -2.41. The smallest absolute Gasteiger partial charge is 0.396 e. The van der Waals surface area contributed by atoms with E-state index in [1.54, 1.807) is 0 Å². The summed E-state index contributed by atoms with van der Waals surface area (Å²) in [5.41, 5.74) is -1.97. The van der Waals surface area contributed by atoms with E-state index in [1.807, 2.05) is 0 Å². The Labute approximate surface area is 113 Å². The molecular formula is C12H14F3N3O2. The van der Waals surface area contributed by atoms with Crippen molar-refractivity contribution in [2.75, 3.05) is 11.9 Å². The maximum absolute atomic E-state index is 13.1. The second-order valence-corrected chi connectivity index (χ2v) is 4.93. The van der Waals surface area contributed by atoms with Crippen LogP contribution in [0.15, 0.2) is 12.4 Å². The second kappa shape index (κ2) is 5.26. The number of carbonyl (C=O) groups is 1. The highest BCUT2D eigenvalue weighted by molar-refractivity contribution is 5.84. The molecule has 5 nitrogen and oxygen atoms in total. The lowest BCUT2D eigenvalue weighted by molar-refractivity contribution is -0.217. The van der Waals surface area contributed by atoms with Crippen molar-refractivity contribution in [3.05, 3.63) is 18.1 Å². The molecule has 8 heteroatoms. The fourth-order valence-corrected chi connectivity index (χ4v) is 2.40. The van der Waals surface area contributed by atoms with Crippen LogP contribution in [-0.2, 0) is 0 Å². The zero-order valence-electron chi connectivity index (χ0n) is 10.6. The minimum atomic E-state index is -4.26. The number of carboxylic acids is 1. The Bertz CT molecular complexity index is 482. The molecule has 1 aromatic rings. The molecule has 0 unspecified atom stereocenters. The average molecular weight is 289 g/mol. The predicted octanol–water partition coefficient (Wildman–Crippen LogP) is 2.71. The highest BCUT2D eigenvalue weighted by Gasteiger charge is 2.55. The Balaban J connectivity index is 2.05. The van der Waals surface area contributed by atoms with Crippen molar-refractivity contribution < 1.29 is 23.1 Å². The minimum Gasteiger partial charge on any atom is -0.476 e. The van der Waals surface area contributed by atoms with E-state index in [9.17, 15) is 18.0 Å². The summed E-state index contributed by atoms with van der Waals surface area (Å²) in [6.07, 6.45) is -0.795. The largest absolute Gasteiger partial charge is 0.476 e. The molecule has 0 saturated heterocycles. The lowest BCUT2D eigenvalue weighted by Gasteiger charge is -2.31. The van der Waals surface area contributed by atoms with Gasteiger partial charge < -0.3 is 10.4 Å². The topological polar surface area (TPSA) is 75.1 Å². The molecule has 2 rings (SSSR count). The first-order valence-corrected chi connectivity index (χ1v) is 6.20. The number of nitrogens with one attached hydrogen (secondary N) is 1. The van der Waals surface area contributed by atoms with E-state index >= 15 is 0 Å². The molecule has 20 heavy (non-hydrogen) atoms. The molecule has 110 valence electrons. The lowest BCUT2D eigenvalue weighted by atomic mass is 9.85. The van der Waals surface area contributed by atoms with Crippen LogP contribution in [0.3, 0.4) is 0 Å². The summed E-state index contributed by atoms with van der Waals surface area (Å²) in [5.74, 6) is -1.09. The summed E-state index contributed by atoms with van der Waals surface area (Å²) in [6.45, 7) is -0.266. The van der Waals surface area contributed by atoms with E-state index < -0.39 is 17.6 Å². The van der Waals surface area contributed by atoms with Crippen molar-refractivity contribution in [2.45, 2.75) is 31.9 Å². The first-order chi connectivity index (χ1) is 9.34. The summed E-state index contributed by atoms with van der Waals surface area (Å²) in [7, 11) is 0. The molecule has 0 aromatic carbocycles. The average Bonchev–Trinajstić information content (AvgIpc) is 2.86. The first-order valence-electron chi connectivity index (χ1n) is 6.20. The van der Waals surface area contributed by atoms with Crippen molar-refractivity contribution >= 4 is 11.8 Å². The number of carboxylic acid groups (broad SMARTS) is 1. The van der Waals surface area contributed by atoms with E-state index in [1.165, 1.54) is 0 Å². The van der Waals surface area contributed by atoms with Crippen LogP contribution in [0.25, 0.3) is 0 Å². The summed E-state index contributed by atoms with van der Waals surface area (Å²) in [5, 5.41) is 11.3. The molecule has 1 aliphatic carbocycles. The van der Waals surface area contributed by atoms with Gasteiger partial charge in [-0.1, -0.05) is 12.8 Å². The summed E-state index contributed by atoms with van der Waals surface area (Å²) in [6, 6.07) is 0. The molecule has 2 N–H and O–H groups in total. The van der Waals surface area contributed by atoms with Gasteiger partial charge in [0, 0.05) is 6.54 Å². The third kappa shape index (κ3) is 2.83. The van der Waals surface area contributed by atoms with Crippen molar-refractivity contribution in [1.82, 2.24) is 9.97 Å². The second-order valence-electron chi connectivity index (χ2n) is 4.93. The zero-order valence-corrected chi connectivity index (χ0v) is 10.6. The van der Waals surface area contributed by atoms with Gasteiger partial charge in [-0.2, -0.15) is 13.2 Å². The molecule has 1 aromatic heterocycles. The maximum atomic E-state index is 13.1. The number of nitrogens with zero attached hydrogens (tertiary/aromatic N) is 2. The van der Waals surface area contributed by atoms with Gasteiger partial charge in [0.25, 0.3) is 0 Å². The third-order valence-corrected chi connectivity index (χ3v) is 3.64. The molecule has 0 atom stereocenters. The van der Waals surface area contributed by atoms with E-state index in [2.05, 4.69) is 15.3 Å². The fraction of sp³-hybridized carbons (Fsp3) is 0.583. The Morgan fingerprint density at radius 1 is 1.30 bits per heavy atom. The maximum Gasteiger partial charge on any atom is 0.396 e. The third-order valence-electron chi connectivity index (χ3n) is 3.64. The van der Waals surface area contributed by atoms with Crippen LogP contribution >= 0.6 is 0 Å². The van der Waals surface area contributed by atoms with Crippen molar-refractivity contribution in [2.24, 2.45) is 5.41 Å². The van der Waals surface area contributed by atoms with Crippen LogP contribution in [0, 0.1) is 5.41 Å². The summed E-state index contributed by atoms with van der Waals surface area (Å²) < 4.78 is 39.4. The Morgan fingerprint density at radius 3 is 2.40 bits per heavy atom. The van der Waals surface area contributed by atoms with E-state index in [0.717, 1.165) is 12.4 Å². The first kappa shape index (κ1) is 14.5. The van der Waals surface area contributed by atoms with Gasteiger partial charge in [0.05, 0.1) is 17.8 Å². The molecule has 0 amide bonds. The molecule has 0 spiro atoms. The van der Waals surface area contributed by atoms with Gasteiger partial charge >= 0.3 is 12.1 Å². The van der Waals surface area contributed by atoms with Gasteiger partial charge in [-0.3, -0.25) is 0 Å². The number of aromatic nitrogens is 2. The van der Waals surface area contributed by atoms with Crippen LogP contribution in [0.5, 0.6) is 0 Å². The van der Waals surface area contributed by atoms with Gasteiger partial charge in [-0.25, -0.2) is 14.8 Å². The minimum absolute atomic E-state index is 0.101. The van der Waals surface area contributed by atoms with Gasteiger partial charge in [0.15, 0.2) is 5.69 Å². The van der Waals surface area contributed by atoms with Crippen LogP contribution < -0.4 is 5.32 Å². The quantitative estimate of drug-likeness (QED) is 0.891. The zero-order chi connectivity index (χ0) is 14.8. The van der Waals surface area contributed by atoms with Crippen molar-refractivity contribution in [3.63, 3.8) is 0 Å². The highest BCUT2D eigenvalue weighted by atomic mass is 19.4. The van der Waals surface area contributed by atoms with Crippen LogP contribution in [-0.4, -0.2) is 33.8 Å². The standard InChI is InChI=1S/C12H14F3N3O2/c13-12(14,15)11(3-1-2-4-11)7-18-9-6-16-8(5-17-9)10(19)20/h5-6H,1-4,7H2,(H,17,18)(H,19,20). The van der Waals surface area contributed by atoms with E-state index in [0.29, 0.717) is 12.8 Å². The van der Waals surface area contributed by atoms with Gasteiger partial charge in [0.2, 0.25) is 0 Å². The molecule has 0 bridgehead atoms. The number of hydrogen-bond acceptors (Lipinski definition) is 4. The Morgan fingerprint density at radius 2 is 1.95 bits per heavy atom. The highest BCUT2D eigenvalue weighted by Crippen LogP contribution is 2.50. The van der Waals surface area contributed by atoms with Gasteiger partial charge in [-0.05, 0) is 12.8 Å². The summed E-state index contributed by atoms with van der Waals surface area (Å²) >= 11 is 0. The number of aromatic carboxylic acids is 1. The molecule has 1 saturated carbocycles. The van der Waals surface area contributed by atoms with E-state index in [4.69, 9.17) is 5.11 Å². The van der Waals surface area contributed by atoms with Crippen LogP contribution in [0.4, 0.5) is 19.0 Å². The molecule has 1 aliphatic rings. The van der Waals surface area contributed by atoms with E-state index in [-0.39, 0.29) is 30.9 Å². The summed E-state index contributed by atoms with van der Waals surface area (Å²) in [4.78, 5) is 17.9.